The lowest BCUT2D eigenvalue weighted by atomic mass is 9.63. The van der Waals surface area contributed by atoms with Gasteiger partial charge in [-0.1, -0.05) is 36.7 Å². The van der Waals surface area contributed by atoms with Crippen LogP contribution < -0.4 is 14.4 Å². The molecule has 6 atom stereocenters. The molecule has 2 fully saturated rings. The van der Waals surface area contributed by atoms with Gasteiger partial charge in [0.15, 0.2) is 0 Å². The van der Waals surface area contributed by atoms with E-state index in [1.165, 1.54) is 11.1 Å². The number of carbonyl (C=O) groups excluding carboxylic acids is 1. The van der Waals surface area contributed by atoms with E-state index in [0.717, 1.165) is 75.5 Å². The zero-order valence-corrected chi connectivity index (χ0v) is 30.5. The number of amides is 1. The van der Waals surface area contributed by atoms with Crippen molar-refractivity contribution in [1.29, 1.82) is 0 Å². The third-order valence-corrected chi connectivity index (χ3v) is 14.3. The molecule has 0 radical (unpaired) electrons. The van der Waals surface area contributed by atoms with Crippen molar-refractivity contribution in [1.82, 2.24) is 9.62 Å². The minimum Gasteiger partial charge on any atom is -0.490 e. The van der Waals surface area contributed by atoms with Crippen LogP contribution in [0, 0.1) is 17.8 Å². The molecule has 5 aliphatic rings. The van der Waals surface area contributed by atoms with Crippen LogP contribution in [0.4, 0.5) is 5.69 Å². The zero-order valence-electron chi connectivity index (χ0n) is 29.0. The highest BCUT2D eigenvalue weighted by molar-refractivity contribution is 7.90. The quantitative estimate of drug-likeness (QED) is 0.412. The van der Waals surface area contributed by atoms with Gasteiger partial charge >= 0.3 is 0 Å². The van der Waals surface area contributed by atoms with Crippen LogP contribution in [0.5, 0.6) is 5.75 Å². The summed E-state index contributed by atoms with van der Waals surface area (Å²) in [6.45, 7) is 9.48. The molecule has 3 aliphatic heterocycles. The fourth-order valence-corrected chi connectivity index (χ4v) is 10.4. The van der Waals surface area contributed by atoms with E-state index >= 15 is 0 Å². The first kappa shape index (κ1) is 34.8. The first-order valence-electron chi connectivity index (χ1n) is 17.9. The van der Waals surface area contributed by atoms with Crippen LogP contribution in [0.2, 0.25) is 5.02 Å². The standard InChI is InChI=1S/C38H50ClN3O6S/c1-26-6-4-15-38(46-3,24-41-16-18-47-19-17-41)33-11-8-30(33)22-42-23-37(14-5-7-28-20-31(39)10-12-32(28)37)25-48-35-13-9-29(21-34(35)42)36(43)40-49(44,45)27(26)2/h4,9-10,12-13,15,20-21,26-27,30,33H,5-8,11,14,16-19,22-25H2,1-3H3,(H,40,43)/b15-4+/t26-,27+,30-,33+,37-,38-/m0/s1. The number of halogens is 1. The number of sulfonamides is 1. The third kappa shape index (κ3) is 6.76. The first-order chi connectivity index (χ1) is 23.5. The van der Waals surface area contributed by atoms with Gasteiger partial charge < -0.3 is 19.1 Å². The van der Waals surface area contributed by atoms with E-state index < -0.39 is 26.8 Å². The molecule has 1 amide bonds. The van der Waals surface area contributed by atoms with Crippen LogP contribution in [0.3, 0.4) is 0 Å². The molecule has 7 rings (SSSR count). The molecule has 9 nitrogen and oxygen atoms in total. The van der Waals surface area contributed by atoms with Gasteiger partial charge in [-0.2, -0.15) is 0 Å². The number of carbonyl (C=O) groups is 1. The average molecular weight is 712 g/mol. The van der Waals surface area contributed by atoms with E-state index in [-0.39, 0.29) is 17.3 Å². The summed E-state index contributed by atoms with van der Waals surface area (Å²) < 4.78 is 48.3. The number of ether oxygens (including phenoxy) is 3. The van der Waals surface area contributed by atoms with Crippen molar-refractivity contribution < 1.29 is 27.4 Å². The predicted molar refractivity (Wildman–Crippen MR) is 192 cm³/mol. The normalized spacial score (nSPS) is 34.0. The summed E-state index contributed by atoms with van der Waals surface area (Å²) in [5, 5.41) is -0.0310. The number of allylic oxidation sites excluding steroid dienone is 1. The molecule has 11 heteroatoms. The van der Waals surface area contributed by atoms with Crippen LogP contribution in [0.1, 0.15) is 67.4 Å². The number of nitrogens with one attached hydrogen (secondary N) is 1. The maximum Gasteiger partial charge on any atom is 0.264 e. The average Bonchev–Trinajstić information content (AvgIpc) is 3.22. The van der Waals surface area contributed by atoms with Crippen LogP contribution in [-0.4, -0.2) is 89.7 Å². The Bertz CT molecular complexity index is 1700. The van der Waals surface area contributed by atoms with Crippen molar-refractivity contribution in [3.05, 3.63) is 70.3 Å². The van der Waals surface area contributed by atoms with Crippen molar-refractivity contribution in [2.24, 2.45) is 17.8 Å². The van der Waals surface area contributed by atoms with Gasteiger partial charge in [-0.05, 0) is 105 Å². The van der Waals surface area contributed by atoms with Crippen LogP contribution in [0.25, 0.3) is 0 Å². The molecule has 1 saturated heterocycles. The minimum absolute atomic E-state index is 0.218. The van der Waals surface area contributed by atoms with Gasteiger partial charge in [0.1, 0.15) is 11.4 Å². The molecule has 1 saturated carbocycles. The van der Waals surface area contributed by atoms with Crippen molar-refractivity contribution in [2.45, 2.75) is 68.6 Å². The molecule has 2 aromatic carbocycles. The lowest BCUT2D eigenvalue weighted by Crippen LogP contribution is -2.58. The summed E-state index contributed by atoms with van der Waals surface area (Å²) in [5.41, 5.74) is 2.88. The number of rotatable bonds is 3. The molecule has 1 spiro atoms. The van der Waals surface area contributed by atoms with Crippen LogP contribution in [0.15, 0.2) is 48.6 Å². The lowest BCUT2D eigenvalue weighted by molar-refractivity contribution is -0.101. The first-order valence-corrected chi connectivity index (χ1v) is 19.8. The molecule has 3 heterocycles. The van der Waals surface area contributed by atoms with Gasteiger partial charge in [-0.3, -0.25) is 9.69 Å². The lowest BCUT2D eigenvalue weighted by Gasteiger charge is -2.52. The molecular formula is C38H50ClN3O6S. The maximum atomic E-state index is 13.6. The van der Waals surface area contributed by atoms with Crippen LogP contribution >= 0.6 is 11.6 Å². The van der Waals surface area contributed by atoms with Gasteiger partial charge in [0, 0.05) is 55.8 Å². The van der Waals surface area contributed by atoms with E-state index in [9.17, 15) is 13.2 Å². The maximum absolute atomic E-state index is 13.6. The molecule has 0 unspecified atom stereocenters. The van der Waals surface area contributed by atoms with E-state index in [1.807, 2.05) is 32.2 Å². The van der Waals surface area contributed by atoms with Crippen molar-refractivity contribution in [3.8, 4) is 5.75 Å². The second-order valence-electron chi connectivity index (χ2n) is 15.1. The third-order valence-electron chi connectivity index (χ3n) is 12.2. The highest BCUT2D eigenvalue weighted by Gasteiger charge is 2.50. The van der Waals surface area contributed by atoms with Crippen molar-refractivity contribution in [3.63, 3.8) is 0 Å². The van der Waals surface area contributed by atoms with Gasteiger partial charge in [-0.25, -0.2) is 13.1 Å². The Morgan fingerprint density at radius 1 is 1.10 bits per heavy atom. The minimum atomic E-state index is -3.94. The monoisotopic (exact) mass is 711 g/mol. The summed E-state index contributed by atoms with van der Waals surface area (Å²) >= 11 is 6.48. The topological polar surface area (TPSA) is 97.4 Å². The smallest absolute Gasteiger partial charge is 0.264 e. The summed E-state index contributed by atoms with van der Waals surface area (Å²) in [5.74, 6) is 0.469. The molecule has 49 heavy (non-hydrogen) atoms. The summed E-state index contributed by atoms with van der Waals surface area (Å²) in [4.78, 5) is 18.4. The van der Waals surface area contributed by atoms with E-state index in [4.69, 9.17) is 25.8 Å². The molecule has 2 bridgehead atoms. The van der Waals surface area contributed by atoms with E-state index in [2.05, 4.69) is 38.8 Å². The Morgan fingerprint density at radius 3 is 2.67 bits per heavy atom. The fourth-order valence-electron chi connectivity index (χ4n) is 8.92. The summed E-state index contributed by atoms with van der Waals surface area (Å²) in [6.07, 6.45) is 9.99. The molecular weight excluding hydrogens is 662 g/mol. The Labute approximate surface area is 296 Å². The fraction of sp³-hybridized carbons (Fsp3) is 0.605. The van der Waals surface area contributed by atoms with Crippen molar-refractivity contribution >= 4 is 33.2 Å². The SMILES string of the molecule is CO[C@]1(CN2CCOCC2)/C=C/C[C@H](C)[C@@H](C)S(=O)(=O)NC(=O)c2ccc3c(c2)N(C[C@@H]2CC[C@H]21)C[C@@]1(CCCc2cc(Cl)ccc21)CO3. The van der Waals surface area contributed by atoms with Crippen LogP contribution in [-0.2, 0) is 31.3 Å². The number of fused-ring (bicyclic) bond motifs is 4. The number of aryl methyl sites for hydroxylation is 1. The number of methoxy groups -OCH3 is 1. The number of hydrogen-bond acceptors (Lipinski definition) is 8. The van der Waals surface area contributed by atoms with Gasteiger partial charge in [0.2, 0.25) is 10.0 Å². The van der Waals surface area contributed by atoms with E-state index in [0.29, 0.717) is 43.5 Å². The van der Waals surface area contributed by atoms with Gasteiger partial charge in [0.25, 0.3) is 5.91 Å². The molecule has 2 aliphatic carbocycles. The Hall–Kier alpha value is -2.63. The zero-order chi connectivity index (χ0) is 34.4. The van der Waals surface area contributed by atoms with Crippen molar-refractivity contribution in [2.75, 3.05) is 64.6 Å². The summed E-state index contributed by atoms with van der Waals surface area (Å²) in [7, 11) is -2.12. The number of morpholine rings is 1. The number of hydrogen-bond donors (Lipinski definition) is 1. The molecule has 0 aromatic heterocycles. The Kier molecular flexibility index (Phi) is 9.82. The van der Waals surface area contributed by atoms with E-state index in [1.54, 1.807) is 13.0 Å². The Balaban J connectivity index is 1.32. The number of anilines is 1. The predicted octanol–water partition coefficient (Wildman–Crippen LogP) is 5.60. The highest BCUT2D eigenvalue weighted by Crippen LogP contribution is 2.49. The highest BCUT2D eigenvalue weighted by atomic mass is 35.5. The summed E-state index contributed by atoms with van der Waals surface area (Å²) in [6, 6.07) is 11.6. The molecule has 1 N–H and O–H groups in total. The largest absolute Gasteiger partial charge is 0.490 e. The number of benzene rings is 2. The Morgan fingerprint density at radius 2 is 1.92 bits per heavy atom. The molecule has 2 aromatic rings. The van der Waals surface area contributed by atoms with Gasteiger partial charge in [-0.15, -0.1) is 0 Å². The molecule has 266 valence electrons. The van der Waals surface area contributed by atoms with Gasteiger partial charge in [0.05, 0.1) is 30.8 Å². The second-order valence-corrected chi connectivity index (χ2v) is 17.5. The number of nitrogens with zero attached hydrogens (tertiary/aromatic N) is 2. The second kappa shape index (κ2) is 13.8.